The predicted octanol–water partition coefficient (Wildman–Crippen LogP) is 3.16. The summed E-state index contributed by atoms with van der Waals surface area (Å²) in [6, 6.07) is 14.8. The van der Waals surface area contributed by atoms with Crippen molar-refractivity contribution in [2.75, 3.05) is 6.61 Å². The topological polar surface area (TPSA) is 91.2 Å². The zero-order chi connectivity index (χ0) is 20.6. The molecule has 0 spiro atoms. The summed E-state index contributed by atoms with van der Waals surface area (Å²) < 4.78 is 12.9. The fourth-order valence-corrected chi connectivity index (χ4v) is 2.71. The fraction of sp³-hybridized carbons (Fsp3) is 0.333. The number of carbonyl (C=O) groups is 1. The third-order valence-electron chi connectivity index (χ3n) is 4.22. The smallest absolute Gasteiger partial charge is 0.251 e. The molecule has 0 aliphatic heterocycles. The van der Waals surface area contributed by atoms with E-state index in [1.54, 1.807) is 28.9 Å². The minimum atomic E-state index is -0.144. The zero-order valence-corrected chi connectivity index (χ0v) is 16.8. The Morgan fingerprint density at radius 1 is 1.03 bits per heavy atom. The fourth-order valence-electron chi connectivity index (χ4n) is 2.71. The van der Waals surface area contributed by atoms with E-state index < -0.39 is 0 Å². The van der Waals surface area contributed by atoms with Gasteiger partial charge < -0.3 is 14.8 Å². The number of amides is 1. The van der Waals surface area contributed by atoms with Gasteiger partial charge in [-0.15, -0.1) is 5.10 Å². The van der Waals surface area contributed by atoms with Crippen molar-refractivity contribution >= 4 is 5.91 Å². The first-order chi connectivity index (χ1) is 14.1. The molecule has 1 N–H and O–H groups in total. The number of aromatic nitrogens is 4. The van der Waals surface area contributed by atoms with Crippen molar-refractivity contribution in [3.8, 4) is 11.5 Å². The van der Waals surface area contributed by atoms with Crippen LogP contribution in [0, 0.1) is 0 Å². The Bertz CT molecular complexity index is 920. The van der Waals surface area contributed by atoms with Crippen LogP contribution >= 0.6 is 0 Å². The highest BCUT2D eigenvalue weighted by molar-refractivity contribution is 5.94. The van der Waals surface area contributed by atoms with Gasteiger partial charge in [-0.25, -0.2) is 4.68 Å². The Morgan fingerprint density at radius 2 is 1.69 bits per heavy atom. The molecule has 1 aromatic heterocycles. The van der Waals surface area contributed by atoms with Gasteiger partial charge in [0, 0.05) is 12.1 Å². The van der Waals surface area contributed by atoms with E-state index in [0.29, 0.717) is 30.3 Å². The molecule has 8 heteroatoms. The molecule has 0 radical (unpaired) electrons. The SMILES string of the molecule is CCOc1ccc(CNC(=O)c2ccc(OCc3nnnn3C(C)C)cc2)cc1. The molecule has 1 amide bonds. The highest BCUT2D eigenvalue weighted by Gasteiger charge is 2.10. The largest absolute Gasteiger partial charge is 0.494 e. The molecular weight excluding hydrogens is 370 g/mol. The first kappa shape index (κ1) is 20.3. The van der Waals surface area contributed by atoms with E-state index in [2.05, 4.69) is 20.8 Å². The standard InChI is InChI=1S/C21H25N5O3/c1-4-28-18-9-5-16(6-10-18)13-22-21(27)17-7-11-19(12-8-17)29-14-20-23-24-25-26(20)15(2)3/h5-12,15H,4,13-14H2,1-3H3,(H,22,27). The molecule has 8 nitrogen and oxygen atoms in total. The van der Waals surface area contributed by atoms with Gasteiger partial charge in [0.1, 0.15) is 18.1 Å². The highest BCUT2D eigenvalue weighted by atomic mass is 16.5. The molecule has 1 heterocycles. The molecule has 152 valence electrons. The van der Waals surface area contributed by atoms with E-state index in [-0.39, 0.29) is 18.6 Å². The lowest BCUT2D eigenvalue weighted by Gasteiger charge is -2.10. The summed E-state index contributed by atoms with van der Waals surface area (Å²) in [5, 5.41) is 14.5. The molecular formula is C21H25N5O3. The molecule has 3 rings (SSSR count). The second kappa shape index (κ2) is 9.68. The summed E-state index contributed by atoms with van der Waals surface area (Å²) in [5.74, 6) is 1.97. The zero-order valence-electron chi connectivity index (χ0n) is 16.8. The van der Waals surface area contributed by atoms with Gasteiger partial charge in [-0.2, -0.15) is 0 Å². The number of nitrogens with one attached hydrogen (secondary N) is 1. The summed E-state index contributed by atoms with van der Waals surface area (Å²) in [6.45, 7) is 7.28. The summed E-state index contributed by atoms with van der Waals surface area (Å²) in [5.41, 5.74) is 1.57. The number of ether oxygens (including phenoxy) is 2. The Balaban J connectivity index is 1.51. The van der Waals surface area contributed by atoms with E-state index in [0.717, 1.165) is 11.3 Å². The molecule has 0 unspecified atom stereocenters. The van der Waals surface area contributed by atoms with Crippen molar-refractivity contribution in [2.24, 2.45) is 0 Å². The quantitative estimate of drug-likeness (QED) is 0.598. The van der Waals surface area contributed by atoms with E-state index in [1.807, 2.05) is 45.0 Å². The first-order valence-corrected chi connectivity index (χ1v) is 9.56. The molecule has 2 aromatic carbocycles. The van der Waals surface area contributed by atoms with Crippen LogP contribution in [0.2, 0.25) is 0 Å². The average Bonchev–Trinajstić information content (AvgIpc) is 3.21. The molecule has 0 aliphatic carbocycles. The molecule has 0 saturated heterocycles. The second-order valence-electron chi connectivity index (χ2n) is 6.71. The number of nitrogens with zero attached hydrogens (tertiary/aromatic N) is 4. The number of hydrogen-bond donors (Lipinski definition) is 1. The van der Waals surface area contributed by atoms with Crippen molar-refractivity contribution in [1.82, 2.24) is 25.5 Å². The number of rotatable bonds is 9. The van der Waals surface area contributed by atoms with Crippen molar-refractivity contribution < 1.29 is 14.3 Å². The third-order valence-corrected chi connectivity index (χ3v) is 4.22. The minimum Gasteiger partial charge on any atom is -0.494 e. The monoisotopic (exact) mass is 395 g/mol. The second-order valence-corrected chi connectivity index (χ2v) is 6.71. The summed E-state index contributed by atoms with van der Waals surface area (Å²) in [7, 11) is 0. The van der Waals surface area contributed by atoms with E-state index in [4.69, 9.17) is 9.47 Å². The van der Waals surface area contributed by atoms with Crippen LogP contribution in [0.3, 0.4) is 0 Å². The molecule has 0 fully saturated rings. The number of tetrazole rings is 1. The molecule has 0 atom stereocenters. The molecule has 0 saturated carbocycles. The van der Waals surface area contributed by atoms with Crippen LogP contribution in [0.4, 0.5) is 0 Å². The van der Waals surface area contributed by atoms with Gasteiger partial charge in [0.2, 0.25) is 0 Å². The minimum absolute atomic E-state index is 0.144. The van der Waals surface area contributed by atoms with Gasteiger partial charge in [0.05, 0.1) is 12.6 Å². The van der Waals surface area contributed by atoms with Crippen LogP contribution in [0.1, 0.15) is 48.6 Å². The van der Waals surface area contributed by atoms with Gasteiger partial charge in [-0.05, 0) is 73.2 Å². The lowest BCUT2D eigenvalue weighted by atomic mass is 10.2. The van der Waals surface area contributed by atoms with Crippen molar-refractivity contribution in [1.29, 1.82) is 0 Å². The van der Waals surface area contributed by atoms with Crippen molar-refractivity contribution in [3.63, 3.8) is 0 Å². The van der Waals surface area contributed by atoms with E-state index >= 15 is 0 Å². The van der Waals surface area contributed by atoms with Crippen molar-refractivity contribution in [3.05, 3.63) is 65.5 Å². The van der Waals surface area contributed by atoms with Gasteiger partial charge in [-0.1, -0.05) is 12.1 Å². The molecule has 0 bridgehead atoms. The van der Waals surface area contributed by atoms with Crippen LogP contribution in [-0.4, -0.2) is 32.7 Å². The predicted molar refractivity (Wildman–Crippen MR) is 108 cm³/mol. The third kappa shape index (κ3) is 5.54. The highest BCUT2D eigenvalue weighted by Crippen LogP contribution is 2.15. The van der Waals surface area contributed by atoms with Gasteiger partial charge in [0.15, 0.2) is 5.82 Å². The number of carbonyl (C=O) groups excluding carboxylic acids is 1. The van der Waals surface area contributed by atoms with E-state index in [9.17, 15) is 4.79 Å². The maximum atomic E-state index is 12.4. The van der Waals surface area contributed by atoms with Crippen LogP contribution in [0.25, 0.3) is 0 Å². The Hall–Kier alpha value is -3.42. The van der Waals surface area contributed by atoms with Crippen molar-refractivity contribution in [2.45, 2.75) is 40.0 Å². The van der Waals surface area contributed by atoms with Gasteiger partial charge >= 0.3 is 0 Å². The Morgan fingerprint density at radius 3 is 2.34 bits per heavy atom. The summed E-state index contributed by atoms with van der Waals surface area (Å²) >= 11 is 0. The summed E-state index contributed by atoms with van der Waals surface area (Å²) in [4.78, 5) is 12.4. The van der Waals surface area contributed by atoms with Crippen LogP contribution in [0.5, 0.6) is 11.5 Å². The Labute approximate surface area is 169 Å². The molecule has 29 heavy (non-hydrogen) atoms. The molecule has 3 aromatic rings. The molecule has 0 aliphatic rings. The maximum absolute atomic E-state index is 12.4. The number of hydrogen-bond acceptors (Lipinski definition) is 6. The summed E-state index contributed by atoms with van der Waals surface area (Å²) in [6.07, 6.45) is 0. The normalized spacial score (nSPS) is 10.8. The van der Waals surface area contributed by atoms with Gasteiger partial charge in [-0.3, -0.25) is 4.79 Å². The first-order valence-electron chi connectivity index (χ1n) is 9.56. The van der Waals surface area contributed by atoms with Crippen LogP contribution in [-0.2, 0) is 13.2 Å². The van der Waals surface area contributed by atoms with E-state index in [1.165, 1.54) is 0 Å². The maximum Gasteiger partial charge on any atom is 0.251 e. The van der Waals surface area contributed by atoms with Crippen LogP contribution < -0.4 is 14.8 Å². The lowest BCUT2D eigenvalue weighted by Crippen LogP contribution is -2.22. The Kier molecular flexibility index (Phi) is 6.78. The van der Waals surface area contributed by atoms with Crippen LogP contribution in [0.15, 0.2) is 48.5 Å². The number of benzene rings is 2. The average molecular weight is 395 g/mol. The van der Waals surface area contributed by atoms with Gasteiger partial charge in [0.25, 0.3) is 5.91 Å². The lowest BCUT2D eigenvalue weighted by molar-refractivity contribution is 0.0951.